The highest BCUT2D eigenvalue weighted by molar-refractivity contribution is 5.87. The number of rotatable bonds is 5. The Bertz CT molecular complexity index is 814. The number of carbonyl (C=O) groups excluding carboxylic acids is 1. The molecule has 4 heteroatoms. The van der Waals surface area contributed by atoms with E-state index in [2.05, 4.69) is 10.4 Å². The molecule has 1 aromatic heterocycles. The number of amides is 1. The maximum absolute atomic E-state index is 13.0. The molecule has 0 radical (unpaired) electrons. The minimum absolute atomic E-state index is 0.0000491. The first kappa shape index (κ1) is 17.0. The van der Waals surface area contributed by atoms with Crippen LogP contribution in [0.1, 0.15) is 34.0 Å². The lowest BCUT2D eigenvalue weighted by Gasteiger charge is -2.18. The molecule has 0 aliphatic heterocycles. The molecule has 0 atom stereocenters. The molecule has 2 aromatic carbocycles. The smallest absolute Gasteiger partial charge is 0.232 e. The van der Waals surface area contributed by atoms with Gasteiger partial charge in [0.25, 0.3) is 0 Å². The third kappa shape index (κ3) is 3.63. The number of aryl methyl sites for hydroxylation is 2. The minimum Gasteiger partial charge on any atom is -0.351 e. The van der Waals surface area contributed by atoms with E-state index in [1.54, 1.807) is 0 Å². The molecule has 0 unspecified atom stereocenters. The molecule has 1 heterocycles. The maximum Gasteiger partial charge on any atom is 0.232 e. The van der Waals surface area contributed by atoms with Gasteiger partial charge in [-0.15, -0.1) is 0 Å². The summed E-state index contributed by atoms with van der Waals surface area (Å²) in [5, 5.41) is 7.51. The summed E-state index contributed by atoms with van der Waals surface area (Å²) in [6.07, 6.45) is 0. The number of benzene rings is 2. The molecule has 4 nitrogen and oxygen atoms in total. The molecule has 0 spiro atoms. The van der Waals surface area contributed by atoms with Gasteiger partial charge in [0, 0.05) is 24.8 Å². The van der Waals surface area contributed by atoms with Gasteiger partial charge in [-0.2, -0.15) is 5.10 Å². The summed E-state index contributed by atoms with van der Waals surface area (Å²) in [5.41, 5.74) is 5.09. The summed E-state index contributed by atoms with van der Waals surface area (Å²) in [4.78, 5) is 13.0. The van der Waals surface area contributed by atoms with E-state index < -0.39 is 0 Å². The molecule has 0 aliphatic carbocycles. The van der Waals surface area contributed by atoms with E-state index in [9.17, 15) is 4.79 Å². The predicted octanol–water partition coefficient (Wildman–Crippen LogP) is 3.49. The van der Waals surface area contributed by atoms with Crippen molar-refractivity contribution in [1.29, 1.82) is 0 Å². The second-order valence-electron chi connectivity index (χ2n) is 6.25. The van der Waals surface area contributed by atoms with E-state index >= 15 is 0 Å². The molecular formula is C21H23N3O. The number of nitrogens with zero attached hydrogens (tertiary/aromatic N) is 2. The molecule has 0 aliphatic rings. The van der Waals surface area contributed by atoms with Crippen LogP contribution in [0.3, 0.4) is 0 Å². The molecule has 0 saturated carbocycles. The highest BCUT2D eigenvalue weighted by atomic mass is 16.1. The lowest BCUT2D eigenvalue weighted by molar-refractivity contribution is -0.121. The van der Waals surface area contributed by atoms with Gasteiger partial charge in [-0.05, 0) is 25.0 Å². The van der Waals surface area contributed by atoms with Crippen molar-refractivity contribution in [2.75, 3.05) is 0 Å². The van der Waals surface area contributed by atoms with E-state index in [1.807, 2.05) is 86.2 Å². The van der Waals surface area contributed by atoms with Crippen LogP contribution >= 0.6 is 0 Å². The molecule has 1 amide bonds. The van der Waals surface area contributed by atoms with E-state index in [-0.39, 0.29) is 11.8 Å². The summed E-state index contributed by atoms with van der Waals surface area (Å²) < 4.78 is 1.85. The van der Waals surface area contributed by atoms with Gasteiger partial charge in [-0.3, -0.25) is 9.48 Å². The lowest BCUT2D eigenvalue weighted by Crippen LogP contribution is -2.30. The van der Waals surface area contributed by atoms with Crippen LogP contribution in [0.15, 0.2) is 60.7 Å². The summed E-state index contributed by atoms with van der Waals surface area (Å²) in [7, 11) is 1.92. The van der Waals surface area contributed by atoms with Crippen molar-refractivity contribution >= 4 is 5.91 Å². The first-order chi connectivity index (χ1) is 12.1. The van der Waals surface area contributed by atoms with Gasteiger partial charge in [0.1, 0.15) is 0 Å². The minimum atomic E-state index is -0.320. The average Bonchev–Trinajstić information content (AvgIpc) is 2.87. The highest BCUT2D eigenvalue weighted by Gasteiger charge is 2.23. The third-order valence-electron chi connectivity index (χ3n) is 4.63. The Kier molecular flexibility index (Phi) is 4.98. The van der Waals surface area contributed by atoms with E-state index in [4.69, 9.17) is 0 Å². The first-order valence-electron chi connectivity index (χ1n) is 8.44. The van der Waals surface area contributed by atoms with Crippen LogP contribution in [-0.4, -0.2) is 15.7 Å². The zero-order valence-electron chi connectivity index (χ0n) is 14.9. The van der Waals surface area contributed by atoms with E-state index in [1.165, 1.54) is 0 Å². The molecule has 128 valence electrons. The molecule has 3 rings (SSSR count). The van der Waals surface area contributed by atoms with Gasteiger partial charge >= 0.3 is 0 Å². The number of hydrogen-bond acceptors (Lipinski definition) is 2. The summed E-state index contributed by atoms with van der Waals surface area (Å²) >= 11 is 0. The van der Waals surface area contributed by atoms with Crippen molar-refractivity contribution in [2.24, 2.45) is 7.05 Å². The fourth-order valence-electron chi connectivity index (χ4n) is 3.14. The number of aromatic nitrogens is 2. The van der Waals surface area contributed by atoms with E-state index in [0.29, 0.717) is 6.54 Å². The first-order valence-corrected chi connectivity index (χ1v) is 8.44. The predicted molar refractivity (Wildman–Crippen MR) is 99.3 cm³/mol. The van der Waals surface area contributed by atoms with Crippen LogP contribution in [0.2, 0.25) is 0 Å². The fraction of sp³-hybridized carbons (Fsp3) is 0.238. The molecule has 25 heavy (non-hydrogen) atoms. The topological polar surface area (TPSA) is 46.9 Å². The number of hydrogen-bond donors (Lipinski definition) is 1. The van der Waals surface area contributed by atoms with Crippen molar-refractivity contribution in [1.82, 2.24) is 15.1 Å². The molecule has 3 aromatic rings. The van der Waals surface area contributed by atoms with Crippen molar-refractivity contribution in [2.45, 2.75) is 26.3 Å². The quantitative estimate of drug-likeness (QED) is 0.777. The summed E-state index contributed by atoms with van der Waals surface area (Å²) in [6, 6.07) is 19.8. The van der Waals surface area contributed by atoms with Gasteiger partial charge in [0.2, 0.25) is 5.91 Å². The maximum atomic E-state index is 13.0. The van der Waals surface area contributed by atoms with Crippen molar-refractivity contribution < 1.29 is 4.79 Å². The largest absolute Gasteiger partial charge is 0.351 e. The number of nitrogens with one attached hydrogen (secondary N) is 1. The molecule has 0 fully saturated rings. The Morgan fingerprint density at radius 2 is 1.52 bits per heavy atom. The van der Waals surface area contributed by atoms with Gasteiger partial charge in [0.05, 0.1) is 11.6 Å². The lowest BCUT2D eigenvalue weighted by atomic mass is 9.90. The molecular weight excluding hydrogens is 310 g/mol. The van der Waals surface area contributed by atoms with Crippen LogP contribution in [0.4, 0.5) is 0 Å². The van der Waals surface area contributed by atoms with Crippen molar-refractivity contribution in [3.8, 4) is 0 Å². The Morgan fingerprint density at radius 3 is 1.96 bits per heavy atom. The highest BCUT2D eigenvalue weighted by Crippen LogP contribution is 2.25. The van der Waals surface area contributed by atoms with Gasteiger partial charge in [-0.25, -0.2) is 0 Å². The summed E-state index contributed by atoms with van der Waals surface area (Å²) in [6.45, 7) is 4.48. The molecule has 0 saturated heterocycles. The van der Waals surface area contributed by atoms with Crippen molar-refractivity contribution in [3.05, 3.63) is 88.7 Å². The average molecular weight is 333 g/mol. The van der Waals surface area contributed by atoms with E-state index in [0.717, 1.165) is 28.1 Å². The second kappa shape index (κ2) is 7.34. The Morgan fingerprint density at radius 1 is 1.00 bits per heavy atom. The van der Waals surface area contributed by atoms with Crippen LogP contribution in [-0.2, 0) is 18.4 Å². The fourth-order valence-corrected chi connectivity index (χ4v) is 3.14. The Balaban J connectivity index is 1.85. The molecule has 0 bridgehead atoms. The number of carbonyl (C=O) groups is 1. The van der Waals surface area contributed by atoms with Gasteiger partial charge < -0.3 is 5.32 Å². The monoisotopic (exact) mass is 333 g/mol. The normalized spacial score (nSPS) is 10.9. The second-order valence-corrected chi connectivity index (χ2v) is 6.25. The summed E-state index contributed by atoms with van der Waals surface area (Å²) in [5.74, 6) is -0.320. The van der Waals surface area contributed by atoms with Crippen LogP contribution in [0, 0.1) is 13.8 Å². The van der Waals surface area contributed by atoms with Crippen LogP contribution < -0.4 is 5.32 Å². The Labute approximate surface area is 148 Å². The zero-order valence-corrected chi connectivity index (χ0v) is 14.9. The molecule has 1 N–H and O–H groups in total. The van der Waals surface area contributed by atoms with Gasteiger partial charge in [-0.1, -0.05) is 60.7 Å². The van der Waals surface area contributed by atoms with Crippen LogP contribution in [0.5, 0.6) is 0 Å². The van der Waals surface area contributed by atoms with Gasteiger partial charge in [0.15, 0.2) is 0 Å². The van der Waals surface area contributed by atoms with Crippen LogP contribution in [0.25, 0.3) is 0 Å². The zero-order chi connectivity index (χ0) is 17.8. The SMILES string of the molecule is Cc1nn(C)c(C)c1CNC(=O)C(c1ccccc1)c1ccccc1. The Hall–Kier alpha value is -2.88. The van der Waals surface area contributed by atoms with Crippen molar-refractivity contribution in [3.63, 3.8) is 0 Å². The standard InChI is InChI=1S/C21H23N3O/c1-15-19(16(2)24(3)23-15)14-22-21(25)20(17-10-6-4-7-11-17)18-12-8-5-9-13-18/h4-13,20H,14H2,1-3H3,(H,22,25). The third-order valence-corrected chi connectivity index (χ3v) is 4.63.